The van der Waals surface area contributed by atoms with Crippen molar-refractivity contribution in [2.24, 2.45) is 0 Å². The van der Waals surface area contributed by atoms with Crippen molar-refractivity contribution in [2.75, 3.05) is 31.0 Å². The van der Waals surface area contributed by atoms with E-state index in [0.717, 1.165) is 11.1 Å². The quantitative estimate of drug-likeness (QED) is 0.521. The number of urea groups is 1. The standard InChI is InChI=1S/C24H29N5O3/c1-17-7-5-6-8-19(17)15-26-24(30)29(20-9-11-21(32-4)12-10-20)22-13-14-25-23(28-22)27-18(2)16-31-3/h5-14,18H,15-16H2,1-4H3,(H,26,30)(H,25,27,28)/t18-/m0/s1. The molecular weight excluding hydrogens is 406 g/mol. The summed E-state index contributed by atoms with van der Waals surface area (Å²) < 4.78 is 10.4. The van der Waals surface area contributed by atoms with Crippen molar-refractivity contribution in [3.8, 4) is 5.75 Å². The average Bonchev–Trinajstić information content (AvgIpc) is 2.79. The first-order chi connectivity index (χ1) is 15.5. The van der Waals surface area contributed by atoms with Crippen molar-refractivity contribution in [3.05, 3.63) is 71.9 Å². The number of methoxy groups -OCH3 is 2. The van der Waals surface area contributed by atoms with E-state index in [1.54, 1.807) is 38.6 Å². The first-order valence-electron chi connectivity index (χ1n) is 10.4. The van der Waals surface area contributed by atoms with E-state index < -0.39 is 0 Å². The maximum absolute atomic E-state index is 13.3. The molecule has 3 aromatic rings. The lowest BCUT2D eigenvalue weighted by Crippen LogP contribution is -2.37. The van der Waals surface area contributed by atoms with Crippen LogP contribution >= 0.6 is 0 Å². The number of anilines is 3. The van der Waals surface area contributed by atoms with Crippen LogP contribution in [0.4, 0.5) is 22.2 Å². The summed E-state index contributed by atoms with van der Waals surface area (Å²) in [5.74, 6) is 1.56. The van der Waals surface area contributed by atoms with E-state index in [9.17, 15) is 4.79 Å². The van der Waals surface area contributed by atoms with Crippen molar-refractivity contribution >= 4 is 23.5 Å². The van der Waals surface area contributed by atoms with Gasteiger partial charge in [0.1, 0.15) is 11.6 Å². The molecule has 0 saturated carbocycles. The Bertz CT molecular complexity index is 1030. The number of aryl methyl sites for hydroxylation is 1. The summed E-state index contributed by atoms with van der Waals surface area (Å²) in [6.45, 7) is 4.90. The number of amides is 2. The topological polar surface area (TPSA) is 88.6 Å². The van der Waals surface area contributed by atoms with Gasteiger partial charge in [-0.15, -0.1) is 0 Å². The molecule has 0 spiro atoms. The number of benzene rings is 2. The highest BCUT2D eigenvalue weighted by molar-refractivity contribution is 5.98. The molecule has 1 atom stereocenters. The summed E-state index contributed by atoms with van der Waals surface area (Å²) in [4.78, 5) is 23.7. The van der Waals surface area contributed by atoms with E-state index in [0.29, 0.717) is 36.4 Å². The van der Waals surface area contributed by atoms with Crippen molar-refractivity contribution in [3.63, 3.8) is 0 Å². The maximum Gasteiger partial charge on any atom is 0.327 e. The highest BCUT2D eigenvalue weighted by Crippen LogP contribution is 2.26. The molecule has 168 valence electrons. The summed E-state index contributed by atoms with van der Waals surface area (Å²) in [7, 11) is 3.24. The molecule has 2 amide bonds. The molecule has 3 rings (SSSR count). The number of hydrogen-bond donors (Lipinski definition) is 2. The summed E-state index contributed by atoms with van der Waals surface area (Å²) in [6.07, 6.45) is 1.62. The molecule has 0 saturated heterocycles. The predicted molar refractivity (Wildman–Crippen MR) is 126 cm³/mol. The SMILES string of the molecule is COC[C@H](C)Nc1nccc(N(C(=O)NCc2ccccc2C)c2ccc(OC)cc2)n1. The summed E-state index contributed by atoms with van der Waals surface area (Å²) >= 11 is 0. The molecule has 2 N–H and O–H groups in total. The smallest absolute Gasteiger partial charge is 0.327 e. The largest absolute Gasteiger partial charge is 0.497 e. The fourth-order valence-electron chi connectivity index (χ4n) is 3.20. The fourth-order valence-corrected chi connectivity index (χ4v) is 3.20. The number of rotatable bonds is 9. The Kier molecular flexibility index (Phi) is 7.99. The van der Waals surface area contributed by atoms with Gasteiger partial charge in [-0.05, 0) is 49.2 Å². The summed E-state index contributed by atoms with van der Waals surface area (Å²) in [6, 6.07) is 16.6. The molecule has 0 aliphatic carbocycles. The highest BCUT2D eigenvalue weighted by atomic mass is 16.5. The Balaban J connectivity index is 1.88. The predicted octanol–water partition coefficient (Wildman–Crippen LogP) is 4.29. The van der Waals surface area contributed by atoms with Gasteiger partial charge in [-0.2, -0.15) is 4.98 Å². The number of hydrogen-bond acceptors (Lipinski definition) is 6. The number of aromatic nitrogens is 2. The van der Waals surface area contributed by atoms with Gasteiger partial charge in [0.15, 0.2) is 0 Å². The third kappa shape index (κ3) is 5.95. The molecule has 0 fully saturated rings. The van der Waals surface area contributed by atoms with Gasteiger partial charge in [0.05, 0.1) is 19.4 Å². The Morgan fingerprint density at radius 3 is 2.53 bits per heavy atom. The van der Waals surface area contributed by atoms with Gasteiger partial charge < -0.3 is 20.1 Å². The van der Waals surface area contributed by atoms with E-state index in [1.807, 2.05) is 50.2 Å². The summed E-state index contributed by atoms with van der Waals surface area (Å²) in [5, 5.41) is 6.19. The summed E-state index contributed by atoms with van der Waals surface area (Å²) in [5.41, 5.74) is 2.82. The average molecular weight is 436 g/mol. The van der Waals surface area contributed by atoms with E-state index in [2.05, 4.69) is 20.6 Å². The first-order valence-corrected chi connectivity index (χ1v) is 10.4. The highest BCUT2D eigenvalue weighted by Gasteiger charge is 2.20. The molecule has 8 heteroatoms. The Morgan fingerprint density at radius 1 is 1.09 bits per heavy atom. The van der Waals surface area contributed by atoms with Crippen molar-refractivity contribution in [2.45, 2.75) is 26.4 Å². The lowest BCUT2D eigenvalue weighted by molar-refractivity contribution is 0.190. The van der Waals surface area contributed by atoms with Gasteiger partial charge in [0, 0.05) is 32.0 Å². The molecule has 2 aromatic carbocycles. The Labute approximate surface area is 188 Å². The molecule has 32 heavy (non-hydrogen) atoms. The fraction of sp³-hybridized carbons (Fsp3) is 0.292. The van der Waals surface area contributed by atoms with Gasteiger partial charge in [0.25, 0.3) is 0 Å². The molecule has 0 aliphatic heterocycles. The van der Waals surface area contributed by atoms with Crippen LogP contribution in [0.25, 0.3) is 0 Å². The first kappa shape index (κ1) is 23.0. The molecule has 0 aliphatic rings. The molecule has 1 heterocycles. The van der Waals surface area contributed by atoms with Crippen molar-refractivity contribution < 1.29 is 14.3 Å². The van der Waals surface area contributed by atoms with Crippen LogP contribution in [0, 0.1) is 6.92 Å². The number of ether oxygens (including phenoxy) is 2. The molecule has 1 aromatic heterocycles. The molecule has 8 nitrogen and oxygen atoms in total. The Morgan fingerprint density at radius 2 is 1.84 bits per heavy atom. The van der Waals surface area contributed by atoms with Crippen LogP contribution in [0.1, 0.15) is 18.1 Å². The van der Waals surface area contributed by atoms with Crippen LogP contribution in [0.3, 0.4) is 0 Å². The van der Waals surface area contributed by atoms with Gasteiger partial charge in [-0.3, -0.25) is 0 Å². The number of nitrogens with zero attached hydrogens (tertiary/aromatic N) is 3. The minimum absolute atomic E-state index is 0.0135. The van der Waals surface area contributed by atoms with Crippen LogP contribution in [0.2, 0.25) is 0 Å². The second-order valence-electron chi connectivity index (χ2n) is 7.36. The monoisotopic (exact) mass is 435 g/mol. The number of carbonyl (C=O) groups excluding carboxylic acids is 1. The third-order valence-corrected chi connectivity index (χ3v) is 4.89. The van der Waals surface area contributed by atoms with Crippen LogP contribution in [0.5, 0.6) is 5.75 Å². The second kappa shape index (κ2) is 11.1. The van der Waals surface area contributed by atoms with Gasteiger partial charge >= 0.3 is 6.03 Å². The maximum atomic E-state index is 13.3. The van der Waals surface area contributed by atoms with Crippen LogP contribution in [0.15, 0.2) is 60.8 Å². The molecule has 0 bridgehead atoms. The van der Waals surface area contributed by atoms with Crippen LogP contribution < -0.4 is 20.3 Å². The number of nitrogens with one attached hydrogen (secondary N) is 2. The van der Waals surface area contributed by atoms with Gasteiger partial charge in [0.2, 0.25) is 5.95 Å². The lowest BCUT2D eigenvalue weighted by Gasteiger charge is -2.23. The zero-order valence-electron chi connectivity index (χ0n) is 18.8. The van der Waals surface area contributed by atoms with E-state index in [-0.39, 0.29) is 12.1 Å². The zero-order chi connectivity index (χ0) is 22.9. The van der Waals surface area contributed by atoms with Gasteiger partial charge in [-0.1, -0.05) is 24.3 Å². The van der Waals surface area contributed by atoms with Gasteiger partial charge in [-0.25, -0.2) is 14.7 Å². The molecular formula is C24H29N5O3. The Hall–Kier alpha value is -3.65. The van der Waals surface area contributed by atoms with Crippen LogP contribution in [-0.2, 0) is 11.3 Å². The van der Waals surface area contributed by atoms with E-state index >= 15 is 0 Å². The minimum Gasteiger partial charge on any atom is -0.497 e. The third-order valence-electron chi connectivity index (χ3n) is 4.89. The minimum atomic E-state index is -0.298. The zero-order valence-corrected chi connectivity index (χ0v) is 18.8. The second-order valence-corrected chi connectivity index (χ2v) is 7.36. The lowest BCUT2D eigenvalue weighted by atomic mass is 10.1. The van der Waals surface area contributed by atoms with E-state index in [4.69, 9.17) is 9.47 Å². The normalized spacial score (nSPS) is 11.5. The molecule has 0 radical (unpaired) electrons. The number of carbonyl (C=O) groups is 1. The molecule has 0 unspecified atom stereocenters. The van der Waals surface area contributed by atoms with Crippen molar-refractivity contribution in [1.82, 2.24) is 15.3 Å². The van der Waals surface area contributed by atoms with E-state index in [1.165, 1.54) is 4.90 Å². The van der Waals surface area contributed by atoms with Crippen molar-refractivity contribution in [1.29, 1.82) is 0 Å². The van der Waals surface area contributed by atoms with Crippen LogP contribution in [-0.4, -0.2) is 42.9 Å².